The molecule has 1 aromatic heterocycles. The van der Waals surface area contributed by atoms with Crippen LogP contribution < -0.4 is 4.74 Å². The van der Waals surface area contributed by atoms with Crippen LogP contribution in [0.25, 0.3) is 10.1 Å². The van der Waals surface area contributed by atoms with Crippen molar-refractivity contribution in [3.8, 4) is 5.75 Å². The first-order chi connectivity index (χ1) is 9.70. The largest absolute Gasteiger partial charge is 0.497 e. The summed E-state index contributed by atoms with van der Waals surface area (Å²) in [4.78, 5) is 13.1. The first kappa shape index (κ1) is 13.2. The smallest absolute Gasteiger partial charge is 0.204 e. The number of fused-ring (bicyclic) bond motifs is 1. The zero-order valence-electron chi connectivity index (χ0n) is 10.7. The summed E-state index contributed by atoms with van der Waals surface area (Å²) in [7, 11) is 1.60. The van der Waals surface area contributed by atoms with E-state index in [4.69, 9.17) is 16.3 Å². The van der Waals surface area contributed by atoms with Gasteiger partial charge in [0.1, 0.15) is 5.75 Å². The number of benzene rings is 2. The second-order valence-electron chi connectivity index (χ2n) is 4.30. The highest BCUT2D eigenvalue weighted by Gasteiger charge is 2.18. The predicted octanol–water partition coefficient (Wildman–Crippen LogP) is 4.79. The number of halogens is 1. The Morgan fingerprint density at radius 3 is 2.45 bits per heavy atom. The Morgan fingerprint density at radius 1 is 1.10 bits per heavy atom. The van der Waals surface area contributed by atoms with E-state index in [1.165, 1.54) is 11.3 Å². The van der Waals surface area contributed by atoms with Crippen LogP contribution in [-0.4, -0.2) is 12.9 Å². The van der Waals surface area contributed by atoms with Gasteiger partial charge in [0.25, 0.3) is 0 Å². The topological polar surface area (TPSA) is 26.3 Å². The van der Waals surface area contributed by atoms with Gasteiger partial charge in [0.05, 0.1) is 17.0 Å². The quantitative estimate of drug-likeness (QED) is 0.650. The molecule has 20 heavy (non-hydrogen) atoms. The second kappa shape index (κ2) is 5.27. The Morgan fingerprint density at radius 2 is 1.80 bits per heavy atom. The maximum absolute atomic E-state index is 12.5. The summed E-state index contributed by atoms with van der Waals surface area (Å²) in [6.45, 7) is 0. The molecule has 0 aliphatic heterocycles. The van der Waals surface area contributed by atoms with Gasteiger partial charge in [0.15, 0.2) is 0 Å². The zero-order chi connectivity index (χ0) is 14.1. The molecule has 0 aliphatic rings. The molecule has 0 saturated heterocycles. The van der Waals surface area contributed by atoms with Crippen molar-refractivity contribution in [3.63, 3.8) is 0 Å². The molecule has 0 fully saturated rings. The molecule has 4 heteroatoms. The third kappa shape index (κ3) is 2.19. The molecule has 0 spiro atoms. The van der Waals surface area contributed by atoms with Gasteiger partial charge in [0.2, 0.25) is 5.78 Å². The van der Waals surface area contributed by atoms with E-state index >= 15 is 0 Å². The number of hydrogen-bond acceptors (Lipinski definition) is 3. The van der Waals surface area contributed by atoms with E-state index < -0.39 is 0 Å². The van der Waals surface area contributed by atoms with Crippen LogP contribution in [0.15, 0.2) is 48.5 Å². The summed E-state index contributed by atoms with van der Waals surface area (Å²) in [5, 5.41) is 1.46. The summed E-state index contributed by atoms with van der Waals surface area (Å²) < 4.78 is 6.11. The second-order valence-corrected chi connectivity index (χ2v) is 5.73. The standard InChI is InChI=1S/C16H11ClO2S/c1-19-11-8-6-10(7-9-11)15(18)16-14(17)12-4-2-3-5-13(12)20-16/h2-9H,1H3. The fraction of sp³-hybridized carbons (Fsp3) is 0.0625. The molecule has 0 bridgehead atoms. The number of ketones is 1. The molecule has 3 rings (SSSR count). The van der Waals surface area contributed by atoms with E-state index in [2.05, 4.69) is 0 Å². The third-order valence-corrected chi connectivity index (χ3v) is 4.77. The number of thiophene rings is 1. The molecule has 0 aliphatic carbocycles. The van der Waals surface area contributed by atoms with Crippen molar-refractivity contribution in [2.75, 3.05) is 7.11 Å². The van der Waals surface area contributed by atoms with E-state index in [0.29, 0.717) is 15.5 Å². The van der Waals surface area contributed by atoms with E-state index in [1.807, 2.05) is 24.3 Å². The Balaban J connectivity index is 2.05. The van der Waals surface area contributed by atoms with Gasteiger partial charge in [-0.05, 0) is 30.3 Å². The van der Waals surface area contributed by atoms with Crippen molar-refractivity contribution < 1.29 is 9.53 Å². The van der Waals surface area contributed by atoms with Crippen LogP contribution in [0, 0.1) is 0 Å². The fourth-order valence-corrected chi connectivity index (χ4v) is 3.51. The zero-order valence-corrected chi connectivity index (χ0v) is 12.3. The van der Waals surface area contributed by atoms with Gasteiger partial charge < -0.3 is 4.74 Å². The molecular weight excluding hydrogens is 292 g/mol. The van der Waals surface area contributed by atoms with E-state index in [9.17, 15) is 4.79 Å². The van der Waals surface area contributed by atoms with E-state index in [-0.39, 0.29) is 5.78 Å². The summed E-state index contributed by atoms with van der Waals surface area (Å²) in [6, 6.07) is 14.8. The highest BCUT2D eigenvalue weighted by Crippen LogP contribution is 2.36. The number of rotatable bonds is 3. The number of carbonyl (C=O) groups excluding carboxylic acids is 1. The van der Waals surface area contributed by atoms with Crippen molar-refractivity contribution in [1.29, 1.82) is 0 Å². The molecule has 0 saturated carbocycles. The molecule has 0 atom stereocenters. The van der Waals surface area contributed by atoms with Crippen LogP contribution in [0.4, 0.5) is 0 Å². The average Bonchev–Trinajstić information content (AvgIpc) is 2.84. The number of methoxy groups -OCH3 is 1. The van der Waals surface area contributed by atoms with Crippen LogP contribution in [-0.2, 0) is 0 Å². The monoisotopic (exact) mass is 302 g/mol. The van der Waals surface area contributed by atoms with Gasteiger partial charge in [-0.1, -0.05) is 29.8 Å². The predicted molar refractivity (Wildman–Crippen MR) is 83.3 cm³/mol. The van der Waals surface area contributed by atoms with Crippen molar-refractivity contribution >= 4 is 38.8 Å². The average molecular weight is 303 g/mol. The molecule has 1 heterocycles. The molecule has 3 aromatic rings. The highest BCUT2D eigenvalue weighted by atomic mass is 35.5. The maximum Gasteiger partial charge on any atom is 0.204 e. The lowest BCUT2D eigenvalue weighted by Crippen LogP contribution is -1.99. The molecule has 100 valence electrons. The number of hydrogen-bond donors (Lipinski definition) is 0. The lowest BCUT2D eigenvalue weighted by molar-refractivity contribution is 0.104. The Bertz CT molecular complexity index is 775. The van der Waals surface area contributed by atoms with Crippen molar-refractivity contribution in [1.82, 2.24) is 0 Å². The minimum absolute atomic E-state index is 0.0566. The molecule has 0 unspecified atom stereocenters. The van der Waals surface area contributed by atoms with Gasteiger partial charge in [-0.2, -0.15) is 0 Å². The Kier molecular flexibility index (Phi) is 3.47. The van der Waals surface area contributed by atoms with Gasteiger partial charge in [0, 0.05) is 15.6 Å². The van der Waals surface area contributed by atoms with Crippen LogP contribution in [0.1, 0.15) is 15.2 Å². The highest BCUT2D eigenvalue weighted by molar-refractivity contribution is 7.21. The van der Waals surface area contributed by atoms with E-state index in [0.717, 1.165) is 15.8 Å². The van der Waals surface area contributed by atoms with E-state index in [1.54, 1.807) is 31.4 Å². The molecule has 2 nitrogen and oxygen atoms in total. The van der Waals surface area contributed by atoms with Crippen molar-refractivity contribution in [2.24, 2.45) is 0 Å². The summed E-state index contributed by atoms with van der Waals surface area (Å²) >= 11 is 7.75. The summed E-state index contributed by atoms with van der Waals surface area (Å²) in [6.07, 6.45) is 0. The third-order valence-electron chi connectivity index (χ3n) is 3.09. The van der Waals surface area contributed by atoms with Gasteiger partial charge in [-0.3, -0.25) is 4.79 Å². The van der Waals surface area contributed by atoms with Crippen molar-refractivity contribution in [3.05, 3.63) is 64.0 Å². The SMILES string of the molecule is COc1ccc(C(=O)c2sc3ccccc3c2Cl)cc1. The van der Waals surface area contributed by atoms with Crippen molar-refractivity contribution in [2.45, 2.75) is 0 Å². The van der Waals surface area contributed by atoms with Gasteiger partial charge >= 0.3 is 0 Å². The van der Waals surface area contributed by atoms with Gasteiger partial charge in [-0.25, -0.2) is 0 Å². The normalized spacial score (nSPS) is 10.7. The summed E-state index contributed by atoms with van der Waals surface area (Å²) in [5.74, 6) is 0.669. The Labute approximate surface area is 125 Å². The molecule has 0 radical (unpaired) electrons. The van der Waals surface area contributed by atoms with Gasteiger partial charge in [-0.15, -0.1) is 11.3 Å². The van der Waals surface area contributed by atoms with Crippen LogP contribution in [0.3, 0.4) is 0 Å². The molecule has 2 aromatic carbocycles. The minimum atomic E-state index is -0.0566. The first-order valence-corrected chi connectivity index (χ1v) is 7.26. The number of carbonyl (C=O) groups is 1. The summed E-state index contributed by atoms with van der Waals surface area (Å²) in [5.41, 5.74) is 0.610. The van der Waals surface area contributed by atoms with Crippen LogP contribution >= 0.6 is 22.9 Å². The van der Waals surface area contributed by atoms with Crippen LogP contribution in [0.5, 0.6) is 5.75 Å². The lowest BCUT2D eigenvalue weighted by atomic mass is 10.1. The van der Waals surface area contributed by atoms with Crippen LogP contribution in [0.2, 0.25) is 5.02 Å². The fourth-order valence-electron chi connectivity index (χ4n) is 2.03. The Hall–Kier alpha value is -1.84. The molecule has 0 amide bonds. The number of ether oxygens (including phenoxy) is 1. The lowest BCUT2D eigenvalue weighted by Gasteiger charge is -2.02. The minimum Gasteiger partial charge on any atom is -0.497 e. The maximum atomic E-state index is 12.5. The first-order valence-electron chi connectivity index (χ1n) is 6.06. The molecular formula is C16H11ClO2S. The molecule has 0 N–H and O–H groups in total.